The zero-order valence-corrected chi connectivity index (χ0v) is 22.8. The van der Waals surface area contributed by atoms with Gasteiger partial charge in [-0.05, 0) is 44.5 Å². The number of anilines is 1. The number of halogens is 1. The summed E-state index contributed by atoms with van der Waals surface area (Å²) in [6, 6.07) is 18.1. The van der Waals surface area contributed by atoms with Crippen LogP contribution in [0.3, 0.4) is 0 Å². The van der Waals surface area contributed by atoms with E-state index in [9.17, 15) is 9.59 Å². The Morgan fingerprint density at radius 1 is 1.05 bits per heavy atom. The fourth-order valence-electron chi connectivity index (χ4n) is 4.59. The minimum absolute atomic E-state index is 0.222. The lowest BCUT2D eigenvalue weighted by atomic mass is 9.87. The molecule has 39 heavy (non-hydrogen) atoms. The summed E-state index contributed by atoms with van der Waals surface area (Å²) in [7, 11) is 0. The molecule has 2 aliphatic heterocycles. The van der Waals surface area contributed by atoms with Crippen molar-refractivity contribution < 1.29 is 23.8 Å². The Kier molecular flexibility index (Phi) is 7.38. The van der Waals surface area contributed by atoms with Gasteiger partial charge in [-0.1, -0.05) is 54.1 Å². The molecule has 204 valence electrons. The van der Waals surface area contributed by atoms with E-state index in [1.165, 1.54) is 0 Å². The lowest BCUT2D eigenvalue weighted by molar-refractivity contribution is -0.0797. The predicted molar refractivity (Wildman–Crippen MR) is 148 cm³/mol. The van der Waals surface area contributed by atoms with Gasteiger partial charge in [-0.3, -0.25) is 5.32 Å². The summed E-state index contributed by atoms with van der Waals surface area (Å²) in [5.41, 5.74) is 2.09. The van der Waals surface area contributed by atoms with Gasteiger partial charge in [0.1, 0.15) is 22.7 Å². The van der Waals surface area contributed by atoms with Crippen molar-refractivity contribution in [2.45, 2.75) is 44.4 Å². The lowest BCUT2D eigenvalue weighted by Crippen LogP contribution is -2.60. The molecule has 1 aromatic heterocycles. The van der Waals surface area contributed by atoms with E-state index in [0.717, 1.165) is 16.7 Å². The molecule has 3 amide bonds. The normalized spacial score (nSPS) is 17.6. The van der Waals surface area contributed by atoms with Gasteiger partial charge >= 0.3 is 12.1 Å². The van der Waals surface area contributed by atoms with E-state index < -0.39 is 17.2 Å². The molecule has 0 saturated carbocycles. The van der Waals surface area contributed by atoms with Crippen LogP contribution in [0.15, 0.2) is 60.7 Å². The van der Waals surface area contributed by atoms with Crippen molar-refractivity contribution in [1.82, 2.24) is 15.6 Å². The summed E-state index contributed by atoms with van der Waals surface area (Å²) in [5, 5.41) is 9.31. The number of hydrogen-bond acceptors (Lipinski definition) is 6. The molecule has 10 heteroatoms. The van der Waals surface area contributed by atoms with Crippen molar-refractivity contribution >= 4 is 29.5 Å². The second kappa shape index (κ2) is 10.7. The average molecular weight is 551 g/mol. The molecule has 1 fully saturated rings. The van der Waals surface area contributed by atoms with Crippen LogP contribution in [0.1, 0.15) is 44.4 Å². The number of benzene rings is 2. The molecule has 3 N–H and O–H groups in total. The Morgan fingerprint density at radius 3 is 2.49 bits per heavy atom. The van der Waals surface area contributed by atoms with Gasteiger partial charge in [0.25, 0.3) is 0 Å². The van der Waals surface area contributed by atoms with Crippen LogP contribution in [0.4, 0.5) is 15.4 Å². The predicted octanol–water partition coefficient (Wildman–Crippen LogP) is 5.80. The van der Waals surface area contributed by atoms with Crippen molar-refractivity contribution in [2.24, 2.45) is 0 Å². The van der Waals surface area contributed by atoms with Crippen LogP contribution >= 0.6 is 11.6 Å². The van der Waals surface area contributed by atoms with Crippen LogP contribution in [0.5, 0.6) is 5.75 Å². The minimum atomic E-state index is -0.636. The maximum atomic E-state index is 12.8. The highest BCUT2D eigenvalue weighted by molar-refractivity contribution is 6.32. The monoisotopic (exact) mass is 550 g/mol. The third-order valence-corrected chi connectivity index (χ3v) is 6.79. The van der Waals surface area contributed by atoms with Crippen molar-refractivity contribution in [1.29, 1.82) is 0 Å². The molecular formula is C29H31ClN4O5. The minimum Gasteiger partial charge on any atom is -0.492 e. The number of aromatic nitrogens is 1. The van der Waals surface area contributed by atoms with Gasteiger partial charge in [0.2, 0.25) is 0 Å². The average Bonchev–Trinajstić information content (AvgIpc) is 2.86. The number of alkyl carbamates (subject to hydrolysis) is 1. The molecule has 2 aromatic carbocycles. The van der Waals surface area contributed by atoms with Gasteiger partial charge in [0, 0.05) is 17.5 Å². The van der Waals surface area contributed by atoms with E-state index in [2.05, 4.69) is 20.9 Å². The fourth-order valence-corrected chi connectivity index (χ4v) is 4.82. The fraction of sp³-hybridized carbons (Fsp3) is 0.345. The molecule has 1 atom stereocenters. The Morgan fingerprint density at radius 2 is 1.79 bits per heavy atom. The van der Waals surface area contributed by atoms with Gasteiger partial charge in [0.15, 0.2) is 0 Å². The molecule has 2 aliphatic rings. The number of fused-ring (bicyclic) bond motifs is 1. The molecule has 0 bridgehead atoms. The van der Waals surface area contributed by atoms with Crippen molar-refractivity contribution in [2.75, 3.05) is 25.1 Å². The third-order valence-electron chi connectivity index (χ3n) is 6.49. The highest BCUT2D eigenvalue weighted by atomic mass is 35.5. The van der Waals surface area contributed by atoms with Crippen molar-refractivity contribution in [3.8, 4) is 17.0 Å². The lowest BCUT2D eigenvalue weighted by Gasteiger charge is -2.42. The molecule has 9 nitrogen and oxygen atoms in total. The van der Waals surface area contributed by atoms with E-state index in [4.69, 9.17) is 25.8 Å². The van der Waals surface area contributed by atoms with Crippen LogP contribution in [-0.2, 0) is 15.0 Å². The zero-order chi connectivity index (χ0) is 27.6. The molecular weight excluding hydrogens is 520 g/mol. The zero-order valence-electron chi connectivity index (χ0n) is 22.0. The van der Waals surface area contributed by atoms with Crippen molar-refractivity contribution in [3.63, 3.8) is 0 Å². The van der Waals surface area contributed by atoms with Gasteiger partial charge < -0.3 is 24.8 Å². The van der Waals surface area contributed by atoms with Gasteiger partial charge in [-0.25, -0.2) is 14.6 Å². The first-order valence-electron chi connectivity index (χ1n) is 12.8. The molecule has 0 aliphatic carbocycles. The number of nitrogens with one attached hydrogen (secondary N) is 3. The first-order valence-corrected chi connectivity index (χ1v) is 13.2. The first-order chi connectivity index (χ1) is 18.6. The number of urea groups is 1. The summed E-state index contributed by atoms with van der Waals surface area (Å²) in [6.07, 6.45) is 0.150. The molecule has 5 rings (SSSR count). The number of nitrogens with zero attached hydrogens (tertiary/aromatic N) is 1. The van der Waals surface area contributed by atoms with Crippen LogP contribution in [-0.4, -0.2) is 42.5 Å². The van der Waals surface area contributed by atoms with E-state index in [1.807, 2.05) is 69.3 Å². The molecule has 0 radical (unpaired) electrons. The number of para-hydroxylation sites is 1. The van der Waals surface area contributed by atoms with Gasteiger partial charge in [-0.2, -0.15) is 0 Å². The van der Waals surface area contributed by atoms with E-state index in [-0.39, 0.29) is 12.1 Å². The highest BCUT2D eigenvalue weighted by Crippen LogP contribution is 2.37. The Hall–Kier alpha value is -3.82. The summed E-state index contributed by atoms with van der Waals surface area (Å²) in [4.78, 5) is 29.8. The highest BCUT2D eigenvalue weighted by Gasteiger charge is 2.42. The van der Waals surface area contributed by atoms with Crippen LogP contribution in [0.2, 0.25) is 5.02 Å². The standard InChI is InChI=1S/C29H31ClN4O5/c1-28(2,3)39-27(36)34-29(16-37-17-29)19-12-10-18(11-13-19)22-8-5-9-24(31-22)33-26(35)32-23-14-15-38-25-20(23)6-4-7-21(25)30/h4-13,23H,14-17H2,1-3H3,(H,34,36)(H2,31,32,33,35)/t23-/m0/s1. The summed E-state index contributed by atoms with van der Waals surface area (Å²) >= 11 is 6.25. The SMILES string of the molecule is CC(C)(C)OC(=O)NC1(c2ccc(-c3cccc(NC(=O)N[C@H]4CCOc5c(Cl)cccc54)n3)cc2)COC1. The topological polar surface area (TPSA) is 111 Å². The van der Waals surface area contributed by atoms with E-state index in [0.29, 0.717) is 48.5 Å². The summed E-state index contributed by atoms with van der Waals surface area (Å²) in [5.74, 6) is 1.03. The van der Waals surface area contributed by atoms with Crippen molar-refractivity contribution in [3.05, 3.63) is 76.8 Å². The molecule has 1 saturated heterocycles. The van der Waals surface area contributed by atoms with Crippen LogP contribution < -0.4 is 20.7 Å². The molecule has 3 aromatic rings. The van der Waals surface area contributed by atoms with Gasteiger partial charge in [-0.15, -0.1) is 0 Å². The first kappa shape index (κ1) is 26.8. The smallest absolute Gasteiger partial charge is 0.408 e. The Bertz CT molecular complexity index is 1370. The largest absolute Gasteiger partial charge is 0.492 e. The Labute approximate surface area is 232 Å². The molecule has 0 spiro atoms. The quantitative estimate of drug-likeness (QED) is 0.370. The maximum absolute atomic E-state index is 12.8. The number of rotatable bonds is 5. The number of hydrogen-bond donors (Lipinski definition) is 3. The summed E-state index contributed by atoms with van der Waals surface area (Å²) < 4.78 is 16.5. The van der Waals surface area contributed by atoms with Crippen LogP contribution in [0.25, 0.3) is 11.3 Å². The second-order valence-electron chi connectivity index (χ2n) is 10.6. The van der Waals surface area contributed by atoms with Crippen LogP contribution in [0, 0.1) is 0 Å². The number of carbonyl (C=O) groups excluding carboxylic acids is 2. The maximum Gasteiger partial charge on any atom is 0.408 e. The third kappa shape index (κ3) is 6.10. The van der Waals surface area contributed by atoms with E-state index in [1.54, 1.807) is 12.1 Å². The molecule has 0 unspecified atom stereocenters. The number of carbonyl (C=O) groups is 2. The van der Waals surface area contributed by atoms with Gasteiger partial charge in [0.05, 0.1) is 36.6 Å². The number of pyridine rings is 1. The second-order valence-corrected chi connectivity index (χ2v) is 11.0. The number of amides is 3. The molecule has 3 heterocycles. The Balaban J connectivity index is 1.25. The number of ether oxygens (including phenoxy) is 3. The van der Waals surface area contributed by atoms with E-state index >= 15 is 0 Å². The summed E-state index contributed by atoms with van der Waals surface area (Å²) in [6.45, 7) is 6.66.